The van der Waals surface area contributed by atoms with Crippen LogP contribution in [0, 0.1) is 0 Å². The molecule has 0 saturated heterocycles. The normalized spacial score (nSPS) is 11.4. The second kappa shape index (κ2) is 14.2. The molecule has 39 heavy (non-hydrogen) atoms. The average molecular weight is 538 g/mol. The Hall–Kier alpha value is -4.07. The van der Waals surface area contributed by atoms with E-state index in [4.69, 9.17) is 13.9 Å². The second-order valence-electron chi connectivity index (χ2n) is 8.39. The fourth-order valence-corrected chi connectivity index (χ4v) is 3.95. The van der Waals surface area contributed by atoms with E-state index in [2.05, 4.69) is 73.7 Å². The van der Waals surface area contributed by atoms with E-state index < -0.39 is 7.25 Å². The molecule has 0 fully saturated rings. The molecule has 0 aliphatic heterocycles. The van der Waals surface area contributed by atoms with Crippen molar-refractivity contribution in [1.82, 2.24) is 0 Å². The summed E-state index contributed by atoms with van der Waals surface area (Å²) in [6.45, 7) is 7.30. The highest BCUT2D eigenvalue weighted by molar-refractivity contribution is 6.50. The maximum atomic E-state index is 9.75. The summed E-state index contributed by atoms with van der Waals surface area (Å²) in [6.07, 6.45) is 2.98. The lowest BCUT2D eigenvalue weighted by Crippen LogP contribution is -2.02. The Balaban J connectivity index is 0.000000771. The van der Waals surface area contributed by atoms with Gasteiger partial charge in [-0.05, 0) is 61.2 Å². The second-order valence-corrected chi connectivity index (χ2v) is 8.39. The summed E-state index contributed by atoms with van der Waals surface area (Å²) in [5, 5.41) is 0. The molecule has 1 heterocycles. The van der Waals surface area contributed by atoms with Crippen LogP contribution in [0.2, 0.25) is 0 Å². The van der Waals surface area contributed by atoms with Crippen molar-refractivity contribution in [3.8, 4) is 33.9 Å². The molecule has 1 aromatic heterocycles. The van der Waals surface area contributed by atoms with Gasteiger partial charge in [-0.2, -0.15) is 0 Å². The molecule has 0 saturated carbocycles. The molecule has 4 aromatic rings. The molecule has 0 spiro atoms. The Bertz CT molecular complexity index is 1290. The zero-order chi connectivity index (χ0) is 28.3. The number of allylic oxidation sites excluding steroid dienone is 1. The van der Waals surface area contributed by atoms with Crippen molar-refractivity contribution in [2.24, 2.45) is 0 Å². The summed E-state index contributed by atoms with van der Waals surface area (Å²) >= 11 is 0. The Kier molecular flexibility index (Phi) is 10.7. The summed E-state index contributed by atoms with van der Waals surface area (Å²) < 4.78 is 57.0. The van der Waals surface area contributed by atoms with E-state index in [1.165, 1.54) is 0 Å². The predicted molar refractivity (Wildman–Crippen MR) is 151 cm³/mol. The molecule has 4 rings (SSSR count). The van der Waals surface area contributed by atoms with Crippen molar-refractivity contribution >= 4 is 18.9 Å². The highest BCUT2D eigenvalue weighted by atomic mass is 19.5. The Morgan fingerprint density at radius 3 is 1.82 bits per heavy atom. The van der Waals surface area contributed by atoms with E-state index in [1.807, 2.05) is 44.2 Å². The van der Waals surface area contributed by atoms with Crippen LogP contribution in [0.15, 0.2) is 95.4 Å². The number of benzene rings is 3. The molecule has 3 aromatic carbocycles. The fourth-order valence-electron chi connectivity index (χ4n) is 3.95. The smallest absolute Gasteiger partial charge is 0.490 e. The SMILES string of the molecule is CCOc1ccc(C(=Cc2cc(-c3ccccc3)cc(-c3ccccc3)[o+]2)CC)cc1OCC.F[B-](F)(F)F. The molecule has 0 bridgehead atoms. The number of ether oxygens (including phenoxy) is 2. The van der Waals surface area contributed by atoms with Crippen LogP contribution in [0.1, 0.15) is 38.5 Å². The van der Waals surface area contributed by atoms with Gasteiger partial charge in [0.2, 0.25) is 0 Å². The molecular formula is C31H31BF4O3. The number of hydrogen-bond acceptors (Lipinski definition) is 2. The Labute approximate surface area is 226 Å². The van der Waals surface area contributed by atoms with Crippen LogP contribution in [0.5, 0.6) is 11.5 Å². The van der Waals surface area contributed by atoms with Crippen LogP contribution in [0.25, 0.3) is 34.1 Å². The van der Waals surface area contributed by atoms with E-state index in [9.17, 15) is 17.3 Å². The standard InChI is InChI=1S/C31H31O3.BF4/c1-4-23(26-17-18-29(32-5-2)31(21-26)33-6-3)19-28-20-27(24-13-9-7-10-14-24)22-30(34-28)25-15-11-8-12-16-25;2-1(3,4)5/h7-22H,4-6H2,1-3H3;/q+1;-1. The molecule has 8 heteroatoms. The predicted octanol–water partition coefficient (Wildman–Crippen LogP) is 9.94. The summed E-state index contributed by atoms with van der Waals surface area (Å²) in [5.41, 5.74) is 5.58. The van der Waals surface area contributed by atoms with Gasteiger partial charge in [0, 0.05) is 11.6 Å². The minimum atomic E-state index is -6.00. The van der Waals surface area contributed by atoms with Gasteiger partial charge in [-0.1, -0.05) is 61.5 Å². The van der Waals surface area contributed by atoms with E-state index in [1.54, 1.807) is 0 Å². The number of hydrogen-bond donors (Lipinski definition) is 0. The highest BCUT2D eigenvalue weighted by Gasteiger charge is 2.21. The summed E-state index contributed by atoms with van der Waals surface area (Å²) in [4.78, 5) is 0. The van der Waals surface area contributed by atoms with E-state index in [-0.39, 0.29) is 0 Å². The highest BCUT2D eigenvalue weighted by Crippen LogP contribution is 2.34. The first-order valence-corrected chi connectivity index (χ1v) is 12.8. The molecular weight excluding hydrogens is 507 g/mol. The minimum absolute atomic E-state index is 0.587. The van der Waals surface area contributed by atoms with Crippen molar-refractivity contribution in [3.63, 3.8) is 0 Å². The minimum Gasteiger partial charge on any atom is -0.490 e. The van der Waals surface area contributed by atoms with Crippen molar-refractivity contribution < 1.29 is 31.2 Å². The summed E-state index contributed by atoms with van der Waals surface area (Å²) in [7, 11) is -6.00. The first-order chi connectivity index (χ1) is 18.7. The molecule has 0 aliphatic carbocycles. The molecule has 0 atom stereocenters. The van der Waals surface area contributed by atoms with Crippen molar-refractivity contribution in [1.29, 1.82) is 0 Å². The maximum absolute atomic E-state index is 9.75. The van der Waals surface area contributed by atoms with Gasteiger partial charge in [0.25, 0.3) is 0 Å². The zero-order valence-corrected chi connectivity index (χ0v) is 22.2. The van der Waals surface area contributed by atoms with Crippen molar-refractivity contribution in [2.45, 2.75) is 27.2 Å². The average Bonchev–Trinajstić information content (AvgIpc) is 2.93. The van der Waals surface area contributed by atoms with Crippen LogP contribution in [-0.4, -0.2) is 20.5 Å². The van der Waals surface area contributed by atoms with E-state index in [0.29, 0.717) is 13.2 Å². The molecule has 0 N–H and O–H groups in total. The Morgan fingerprint density at radius 1 is 0.692 bits per heavy atom. The lowest BCUT2D eigenvalue weighted by Gasteiger charge is -2.13. The molecule has 0 aliphatic rings. The number of rotatable bonds is 9. The van der Waals surface area contributed by atoms with Gasteiger partial charge >= 0.3 is 18.8 Å². The van der Waals surface area contributed by atoms with Gasteiger partial charge in [-0.3, -0.25) is 0 Å². The quantitative estimate of drug-likeness (QED) is 0.121. The molecule has 0 unspecified atom stereocenters. The topological polar surface area (TPSA) is 29.8 Å². The Morgan fingerprint density at radius 2 is 1.26 bits per heavy atom. The third-order valence-corrected chi connectivity index (χ3v) is 5.59. The summed E-state index contributed by atoms with van der Waals surface area (Å²) in [6, 6.07) is 31.0. The van der Waals surface area contributed by atoms with Crippen LogP contribution in [0.4, 0.5) is 17.3 Å². The van der Waals surface area contributed by atoms with Gasteiger partial charge in [0.05, 0.1) is 30.9 Å². The van der Waals surface area contributed by atoms with Crippen LogP contribution in [-0.2, 0) is 0 Å². The van der Waals surface area contributed by atoms with Crippen LogP contribution in [0.3, 0.4) is 0 Å². The monoisotopic (exact) mass is 538 g/mol. The fraction of sp³-hybridized carbons (Fsp3) is 0.194. The van der Waals surface area contributed by atoms with Gasteiger partial charge in [0.1, 0.15) is 0 Å². The third-order valence-electron chi connectivity index (χ3n) is 5.59. The van der Waals surface area contributed by atoms with Crippen molar-refractivity contribution in [3.05, 3.63) is 102 Å². The molecule has 0 amide bonds. The lowest BCUT2D eigenvalue weighted by molar-refractivity contribution is 0.287. The van der Waals surface area contributed by atoms with Gasteiger partial charge in [-0.15, -0.1) is 0 Å². The first kappa shape index (κ1) is 29.5. The van der Waals surface area contributed by atoms with Crippen molar-refractivity contribution in [2.75, 3.05) is 13.2 Å². The lowest BCUT2D eigenvalue weighted by atomic mass is 10.00. The molecule has 204 valence electrons. The van der Waals surface area contributed by atoms with Crippen LogP contribution < -0.4 is 9.47 Å². The van der Waals surface area contributed by atoms with Gasteiger partial charge < -0.3 is 26.7 Å². The molecule has 3 nitrogen and oxygen atoms in total. The van der Waals surface area contributed by atoms with E-state index in [0.717, 1.165) is 57.3 Å². The van der Waals surface area contributed by atoms with Gasteiger partial charge in [0.15, 0.2) is 11.5 Å². The third kappa shape index (κ3) is 9.32. The largest absolute Gasteiger partial charge is 0.673 e. The van der Waals surface area contributed by atoms with Gasteiger partial charge in [-0.25, -0.2) is 4.42 Å². The van der Waals surface area contributed by atoms with Crippen LogP contribution >= 0.6 is 0 Å². The zero-order valence-electron chi connectivity index (χ0n) is 22.2. The number of halogens is 4. The first-order valence-electron chi connectivity index (χ1n) is 12.8. The maximum Gasteiger partial charge on any atom is 0.673 e. The van der Waals surface area contributed by atoms with E-state index >= 15 is 0 Å². The molecule has 0 radical (unpaired) electrons. The summed E-state index contributed by atoms with van der Waals surface area (Å²) in [5.74, 6) is 3.18.